The fourth-order valence-electron chi connectivity index (χ4n) is 4.32. The first-order valence-electron chi connectivity index (χ1n) is 11.2. The number of fused-ring (bicyclic) bond motifs is 1. The Hall–Kier alpha value is -2.92. The lowest BCUT2D eigenvalue weighted by Crippen LogP contribution is -2.50. The van der Waals surface area contributed by atoms with Crippen LogP contribution in [-0.4, -0.2) is 52.5 Å². The average molecular weight is 515 g/mol. The number of thioether (sulfide) groups is 1. The molecule has 8 nitrogen and oxygen atoms in total. The number of aliphatic hydroxyl groups is 1. The monoisotopic (exact) mass is 514 g/mol. The van der Waals surface area contributed by atoms with Crippen LogP contribution in [0.5, 0.6) is 0 Å². The zero-order valence-corrected chi connectivity index (χ0v) is 20.5. The molecule has 1 atom stereocenters. The molecule has 0 unspecified atom stereocenters. The van der Waals surface area contributed by atoms with Gasteiger partial charge in [-0.25, -0.2) is 14.4 Å². The summed E-state index contributed by atoms with van der Waals surface area (Å²) in [5.41, 5.74) is 2.88. The summed E-state index contributed by atoms with van der Waals surface area (Å²) >= 11 is 7.46. The molecule has 2 aliphatic heterocycles. The number of hydrogen-bond donors (Lipinski definition) is 3. The minimum Gasteiger partial charge on any atom is -0.392 e. The molecular weight excluding hydrogens is 491 g/mol. The Labute approximate surface area is 211 Å². The summed E-state index contributed by atoms with van der Waals surface area (Å²) in [5.74, 6) is -0.467. The number of amides is 1. The highest BCUT2D eigenvalue weighted by Crippen LogP contribution is 2.37. The van der Waals surface area contributed by atoms with Gasteiger partial charge in [-0.3, -0.25) is 9.69 Å². The van der Waals surface area contributed by atoms with Gasteiger partial charge in [-0.15, -0.1) is 0 Å². The molecule has 0 radical (unpaired) electrons. The largest absolute Gasteiger partial charge is 0.392 e. The summed E-state index contributed by atoms with van der Waals surface area (Å²) in [5, 5.41) is 17.2. The molecule has 2 aromatic carbocycles. The summed E-state index contributed by atoms with van der Waals surface area (Å²) in [6.45, 7) is 4.72. The fraction of sp³-hybridized carbons (Fsp3) is 0.292. The second-order valence-electron chi connectivity index (χ2n) is 8.36. The van der Waals surface area contributed by atoms with Crippen LogP contribution < -0.4 is 20.4 Å². The molecule has 35 heavy (non-hydrogen) atoms. The second-order valence-corrected chi connectivity index (χ2v) is 9.70. The van der Waals surface area contributed by atoms with Gasteiger partial charge < -0.3 is 20.6 Å². The topological polar surface area (TPSA) is 93.6 Å². The maximum absolute atomic E-state index is 14.4. The average Bonchev–Trinajstić information content (AvgIpc) is 2.85. The van der Waals surface area contributed by atoms with Crippen LogP contribution in [0.3, 0.4) is 0 Å². The van der Waals surface area contributed by atoms with Gasteiger partial charge in [0.1, 0.15) is 10.8 Å². The van der Waals surface area contributed by atoms with Gasteiger partial charge in [-0.05, 0) is 37.3 Å². The standard InChI is InChI=1S/C24H24ClFN6O2S/c1-14-10-27-7-8-31(14)20-6-5-16(9-15(20)12-33)29-24-28-11-17-22(30-24)35-13-32(23(17)34)21-18(25)3-2-4-19(21)26/h2-6,9,11,14,27,33H,7-8,10,12-13H2,1H3,(H,28,29,30)/t14-/m0/s1. The van der Waals surface area contributed by atoms with Crippen molar-refractivity contribution in [2.75, 3.05) is 40.6 Å². The molecule has 3 N–H and O–H groups in total. The maximum atomic E-state index is 14.4. The van der Waals surface area contributed by atoms with Crippen LogP contribution >= 0.6 is 23.4 Å². The first-order chi connectivity index (χ1) is 17.0. The number of carbonyl (C=O) groups excluding carboxylic acids is 1. The molecule has 2 aliphatic rings. The lowest BCUT2D eigenvalue weighted by molar-refractivity contribution is 0.0985. The van der Waals surface area contributed by atoms with E-state index in [1.165, 1.54) is 35.0 Å². The highest BCUT2D eigenvalue weighted by molar-refractivity contribution is 7.99. The molecule has 1 amide bonds. The van der Waals surface area contributed by atoms with Gasteiger partial charge >= 0.3 is 0 Å². The molecule has 1 fully saturated rings. The number of hydrogen-bond acceptors (Lipinski definition) is 8. The third kappa shape index (κ3) is 4.66. The summed E-state index contributed by atoms with van der Waals surface area (Å²) in [6, 6.07) is 10.4. The van der Waals surface area contributed by atoms with Crippen molar-refractivity contribution >= 4 is 52.3 Å². The van der Waals surface area contributed by atoms with Gasteiger partial charge in [0.2, 0.25) is 5.95 Å². The number of aliphatic hydroxyl groups excluding tert-OH is 1. The van der Waals surface area contributed by atoms with Crippen molar-refractivity contribution in [1.29, 1.82) is 0 Å². The summed E-state index contributed by atoms with van der Waals surface area (Å²) < 4.78 is 14.4. The van der Waals surface area contributed by atoms with Gasteiger partial charge in [0.05, 0.1) is 28.8 Å². The van der Waals surface area contributed by atoms with Crippen LogP contribution in [0, 0.1) is 5.82 Å². The molecule has 1 saturated heterocycles. The minimum atomic E-state index is -0.563. The molecule has 0 bridgehead atoms. The Morgan fingerprint density at radius 2 is 2.20 bits per heavy atom. The lowest BCUT2D eigenvalue weighted by atomic mass is 10.1. The molecule has 182 valence electrons. The van der Waals surface area contributed by atoms with Gasteiger partial charge in [0.15, 0.2) is 0 Å². The van der Waals surface area contributed by atoms with Crippen LogP contribution in [0.2, 0.25) is 5.02 Å². The van der Waals surface area contributed by atoms with Crippen molar-refractivity contribution < 1.29 is 14.3 Å². The van der Waals surface area contributed by atoms with E-state index in [1.807, 2.05) is 18.2 Å². The second kappa shape index (κ2) is 9.98. The number of carbonyl (C=O) groups is 1. The van der Waals surface area contributed by atoms with E-state index >= 15 is 0 Å². The van der Waals surface area contributed by atoms with E-state index in [1.54, 1.807) is 6.07 Å². The van der Waals surface area contributed by atoms with Gasteiger partial charge in [0.25, 0.3) is 5.91 Å². The number of aromatic nitrogens is 2. The predicted octanol–water partition coefficient (Wildman–Crippen LogP) is 4.01. The van der Waals surface area contributed by atoms with E-state index in [0.29, 0.717) is 17.0 Å². The van der Waals surface area contributed by atoms with Crippen LogP contribution in [0.4, 0.5) is 27.4 Å². The molecule has 11 heteroatoms. The molecular formula is C24H24ClFN6O2S. The first kappa shape index (κ1) is 23.8. The number of nitrogens with zero attached hydrogens (tertiary/aromatic N) is 4. The number of anilines is 4. The van der Waals surface area contributed by atoms with Crippen LogP contribution in [0.25, 0.3) is 0 Å². The summed E-state index contributed by atoms with van der Waals surface area (Å²) in [6.07, 6.45) is 1.44. The third-order valence-electron chi connectivity index (χ3n) is 6.08. The highest BCUT2D eigenvalue weighted by Gasteiger charge is 2.31. The Bertz CT molecular complexity index is 1260. The number of rotatable bonds is 5. The fourth-order valence-corrected chi connectivity index (χ4v) is 5.53. The van der Waals surface area contributed by atoms with Gasteiger partial charge in [-0.1, -0.05) is 29.4 Å². The predicted molar refractivity (Wildman–Crippen MR) is 136 cm³/mol. The lowest BCUT2D eigenvalue weighted by Gasteiger charge is -2.37. The van der Waals surface area contributed by atoms with Crippen molar-refractivity contribution in [3.8, 4) is 0 Å². The number of benzene rings is 2. The van der Waals surface area contributed by atoms with E-state index in [4.69, 9.17) is 11.6 Å². The molecule has 3 aromatic rings. The number of piperazine rings is 1. The Morgan fingerprint density at radius 3 is 2.97 bits per heavy atom. The molecule has 3 heterocycles. The van der Waals surface area contributed by atoms with Crippen molar-refractivity contribution in [2.24, 2.45) is 0 Å². The maximum Gasteiger partial charge on any atom is 0.263 e. The summed E-state index contributed by atoms with van der Waals surface area (Å²) in [4.78, 5) is 25.4. The molecule has 1 aromatic heterocycles. The number of nitrogens with one attached hydrogen (secondary N) is 2. The Balaban J connectivity index is 1.36. The Morgan fingerprint density at radius 1 is 1.34 bits per heavy atom. The van der Waals surface area contributed by atoms with E-state index < -0.39 is 11.7 Å². The smallest absolute Gasteiger partial charge is 0.263 e. The van der Waals surface area contributed by atoms with E-state index in [9.17, 15) is 14.3 Å². The zero-order chi connectivity index (χ0) is 24.5. The first-order valence-corrected chi connectivity index (χ1v) is 12.6. The van der Waals surface area contributed by atoms with E-state index in [-0.39, 0.29) is 28.8 Å². The summed E-state index contributed by atoms with van der Waals surface area (Å²) in [7, 11) is 0. The van der Waals surface area contributed by atoms with Crippen LogP contribution in [0.15, 0.2) is 47.6 Å². The highest BCUT2D eigenvalue weighted by atomic mass is 35.5. The molecule has 0 spiro atoms. The third-order valence-corrected chi connectivity index (χ3v) is 7.36. The minimum absolute atomic E-state index is 0.0509. The van der Waals surface area contributed by atoms with Gasteiger partial charge in [0, 0.05) is 48.8 Å². The SMILES string of the molecule is C[C@H]1CNCCN1c1ccc(Nc2ncc3c(n2)SCN(c2c(F)cccc2Cl)C3=O)cc1CO. The van der Waals surface area contributed by atoms with Gasteiger partial charge in [-0.2, -0.15) is 0 Å². The van der Waals surface area contributed by atoms with Crippen molar-refractivity contribution in [1.82, 2.24) is 15.3 Å². The molecule has 5 rings (SSSR count). The quantitative estimate of drug-likeness (QED) is 0.440. The van der Waals surface area contributed by atoms with Crippen LogP contribution in [0.1, 0.15) is 22.8 Å². The molecule has 0 saturated carbocycles. The van der Waals surface area contributed by atoms with E-state index in [0.717, 1.165) is 36.6 Å². The number of para-hydroxylation sites is 1. The van der Waals surface area contributed by atoms with Crippen molar-refractivity contribution in [3.63, 3.8) is 0 Å². The zero-order valence-electron chi connectivity index (χ0n) is 19.0. The number of halogens is 2. The van der Waals surface area contributed by atoms with Crippen molar-refractivity contribution in [2.45, 2.75) is 24.6 Å². The normalized spacial score (nSPS) is 17.9. The van der Waals surface area contributed by atoms with E-state index in [2.05, 4.69) is 32.4 Å². The molecule has 0 aliphatic carbocycles. The Kier molecular flexibility index (Phi) is 6.79. The van der Waals surface area contributed by atoms with Crippen LogP contribution in [-0.2, 0) is 6.61 Å². The van der Waals surface area contributed by atoms with Crippen molar-refractivity contribution in [3.05, 3.63) is 64.6 Å².